The fourth-order valence-corrected chi connectivity index (χ4v) is 3.90. The van der Waals surface area contributed by atoms with E-state index in [4.69, 9.17) is 4.74 Å². The minimum Gasteiger partial charge on any atom is -0.441 e. The molecule has 1 aliphatic rings. The summed E-state index contributed by atoms with van der Waals surface area (Å²) in [6, 6.07) is 4.12. The molecule has 23 heavy (non-hydrogen) atoms. The van der Waals surface area contributed by atoms with E-state index < -0.39 is 5.60 Å². The molecule has 6 heteroatoms. The van der Waals surface area contributed by atoms with E-state index in [-0.39, 0.29) is 6.09 Å². The van der Waals surface area contributed by atoms with E-state index in [2.05, 4.69) is 21.9 Å². The predicted octanol–water partition coefficient (Wildman–Crippen LogP) is 4.23. The van der Waals surface area contributed by atoms with E-state index >= 15 is 0 Å². The van der Waals surface area contributed by atoms with Gasteiger partial charge in [-0.25, -0.2) is 9.78 Å². The Kier molecular flexibility index (Phi) is 4.29. The number of quaternary nitrogens is 1. The van der Waals surface area contributed by atoms with Gasteiger partial charge in [-0.15, -0.1) is 11.3 Å². The first-order valence-electron chi connectivity index (χ1n) is 8.11. The van der Waals surface area contributed by atoms with E-state index in [9.17, 15) is 4.79 Å². The Morgan fingerprint density at radius 3 is 2.70 bits per heavy atom. The molecule has 0 aliphatic carbocycles. The first kappa shape index (κ1) is 16.2. The number of amides is 1. The minimum absolute atomic E-state index is 0.378. The summed E-state index contributed by atoms with van der Waals surface area (Å²) < 4.78 is 7.07. The van der Waals surface area contributed by atoms with Gasteiger partial charge in [0.25, 0.3) is 5.82 Å². The molecule has 3 heterocycles. The van der Waals surface area contributed by atoms with Crippen molar-refractivity contribution in [2.45, 2.75) is 45.6 Å². The largest absolute Gasteiger partial charge is 0.452 e. The number of aromatic nitrogens is 1. The summed E-state index contributed by atoms with van der Waals surface area (Å²) in [5.74, 6) is 0.925. The van der Waals surface area contributed by atoms with Crippen molar-refractivity contribution < 1.29 is 9.53 Å². The molecule has 1 saturated heterocycles. The molecular weight excluding hydrogens is 310 g/mol. The van der Waals surface area contributed by atoms with Crippen LogP contribution in [0.25, 0.3) is 10.1 Å². The number of carbonyl (C=O) groups excluding carboxylic acids is 1. The van der Waals surface area contributed by atoms with Gasteiger partial charge in [0.2, 0.25) is 0 Å². The van der Waals surface area contributed by atoms with Gasteiger partial charge in [-0.2, -0.15) is 10.0 Å². The summed E-state index contributed by atoms with van der Waals surface area (Å²) in [7, 11) is 0. The second kappa shape index (κ2) is 6.09. The zero-order valence-electron chi connectivity index (χ0n) is 14.0. The highest BCUT2D eigenvalue weighted by molar-refractivity contribution is 7.17. The number of pyridine rings is 1. The molecule has 0 aromatic carbocycles. The van der Waals surface area contributed by atoms with Gasteiger partial charge in [0.1, 0.15) is 18.7 Å². The molecule has 2 aromatic heterocycles. The average molecular weight is 334 g/mol. The molecule has 124 valence electrons. The highest BCUT2D eigenvalue weighted by Gasteiger charge is 2.39. The van der Waals surface area contributed by atoms with Crippen LogP contribution in [0, 0.1) is 0 Å². The number of hydrogen-bond acceptors (Lipinski definition) is 4. The van der Waals surface area contributed by atoms with Crippen molar-refractivity contribution >= 4 is 33.3 Å². The van der Waals surface area contributed by atoms with Crippen LogP contribution in [0.15, 0.2) is 23.7 Å². The number of rotatable bonds is 2. The molecule has 1 aliphatic heterocycles. The van der Waals surface area contributed by atoms with Gasteiger partial charge < -0.3 is 4.74 Å². The van der Waals surface area contributed by atoms with Crippen LogP contribution in [0.5, 0.6) is 0 Å². The lowest BCUT2D eigenvalue weighted by atomic mass is 10.1. The zero-order valence-corrected chi connectivity index (χ0v) is 14.8. The average Bonchev–Trinajstić information content (AvgIpc) is 2.94. The summed E-state index contributed by atoms with van der Waals surface area (Å²) in [4.78, 5) is 17.0. The Bertz CT molecular complexity index is 699. The maximum absolute atomic E-state index is 12.4. The zero-order chi connectivity index (χ0) is 16.5. The number of ether oxygens (including phenoxy) is 1. The Labute approximate surface area is 140 Å². The molecule has 0 spiro atoms. The molecule has 0 unspecified atom stereocenters. The number of hydrogen-bond donors (Lipinski definition) is 1. The highest BCUT2D eigenvalue weighted by Crippen LogP contribution is 2.34. The number of piperidine rings is 1. The van der Waals surface area contributed by atoms with E-state index in [1.807, 2.05) is 33.0 Å². The molecule has 1 N–H and O–H groups in total. The lowest BCUT2D eigenvalue weighted by Crippen LogP contribution is -2.65. The number of nitrogens with zero attached hydrogens (tertiary/aromatic N) is 2. The lowest BCUT2D eigenvalue weighted by Gasteiger charge is -2.39. The summed E-state index contributed by atoms with van der Waals surface area (Å²) in [5, 5.41) is 3.19. The van der Waals surface area contributed by atoms with Gasteiger partial charge in [0, 0.05) is 10.9 Å². The van der Waals surface area contributed by atoms with Crippen LogP contribution in [0.2, 0.25) is 0 Å². The lowest BCUT2D eigenvalue weighted by molar-refractivity contribution is 0.0307. The molecule has 0 saturated carbocycles. The monoisotopic (exact) mass is 334 g/mol. The molecule has 1 amide bonds. The maximum atomic E-state index is 12.4. The summed E-state index contributed by atoms with van der Waals surface area (Å²) in [6.45, 7) is 7.34. The standard InChI is InChI=1S/C17H23N3O2S/c1-17(2,3)22-16(21)19-20(10-5-4-6-11-20)15-13-8-12-23-14(13)7-9-18-15/h7-9,12H,4-6,10-11H2,1-3H3/p+1. The number of nitrogens with one attached hydrogen (secondary N) is 1. The Hall–Kier alpha value is -1.66. The Balaban J connectivity index is 1.97. The van der Waals surface area contributed by atoms with Gasteiger partial charge in [-0.05, 0) is 57.5 Å². The van der Waals surface area contributed by atoms with Crippen molar-refractivity contribution in [3.63, 3.8) is 0 Å². The summed E-state index contributed by atoms with van der Waals surface area (Å²) >= 11 is 1.70. The van der Waals surface area contributed by atoms with E-state index in [1.165, 1.54) is 11.1 Å². The molecular formula is C17H24N3O2S+. The first-order valence-corrected chi connectivity index (χ1v) is 8.99. The molecule has 5 nitrogen and oxygen atoms in total. The van der Waals surface area contributed by atoms with Crippen LogP contribution in [0.1, 0.15) is 40.0 Å². The third-order valence-electron chi connectivity index (χ3n) is 4.05. The fraction of sp³-hybridized carbons (Fsp3) is 0.529. The van der Waals surface area contributed by atoms with Crippen molar-refractivity contribution in [3.05, 3.63) is 23.7 Å². The molecule has 0 bridgehead atoms. The van der Waals surface area contributed by atoms with Crippen molar-refractivity contribution in [1.82, 2.24) is 15.0 Å². The van der Waals surface area contributed by atoms with Crippen molar-refractivity contribution in [2.24, 2.45) is 0 Å². The van der Waals surface area contributed by atoms with Crippen LogP contribution >= 0.6 is 11.3 Å². The van der Waals surface area contributed by atoms with Crippen LogP contribution in [-0.2, 0) is 4.74 Å². The fourth-order valence-electron chi connectivity index (χ4n) is 3.13. The van der Waals surface area contributed by atoms with E-state index in [1.54, 1.807) is 11.3 Å². The van der Waals surface area contributed by atoms with Crippen molar-refractivity contribution in [2.75, 3.05) is 13.1 Å². The van der Waals surface area contributed by atoms with Crippen LogP contribution in [-0.4, -0.2) is 29.8 Å². The van der Waals surface area contributed by atoms with E-state index in [0.717, 1.165) is 37.1 Å². The number of fused-ring (bicyclic) bond motifs is 1. The first-order chi connectivity index (χ1) is 10.9. The molecule has 2 aromatic rings. The van der Waals surface area contributed by atoms with E-state index in [0.29, 0.717) is 4.59 Å². The predicted molar refractivity (Wildman–Crippen MR) is 94.4 cm³/mol. The van der Waals surface area contributed by atoms with Crippen molar-refractivity contribution in [3.8, 4) is 0 Å². The normalized spacial score (nSPS) is 17.9. The second-order valence-electron chi connectivity index (χ2n) is 7.06. The summed E-state index contributed by atoms with van der Waals surface area (Å²) in [5.41, 5.74) is 2.60. The molecule has 1 fully saturated rings. The van der Waals surface area contributed by atoms with Crippen molar-refractivity contribution in [1.29, 1.82) is 0 Å². The minimum atomic E-state index is -0.508. The van der Waals surface area contributed by atoms with Gasteiger partial charge in [-0.3, -0.25) is 0 Å². The van der Waals surface area contributed by atoms with Crippen LogP contribution in [0.4, 0.5) is 10.6 Å². The molecule has 0 atom stereocenters. The molecule has 0 radical (unpaired) electrons. The van der Waals surface area contributed by atoms with Gasteiger partial charge in [-0.1, -0.05) is 0 Å². The maximum Gasteiger partial charge on any atom is 0.452 e. The smallest absolute Gasteiger partial charge is 0.441 e. The number of carbonyl (C=O) groups is 1. The third kappa shape index (κ3) is 3.48. The Morgan fingerprint density at radius 1 is 1.26 bits per heavy atom. The SMILES string of the molecule is CC(C)(C)OC(=O)N[N+]1(c2nccc3sccc23)CCCCC1. The third-order valence-corrected chi connectivity index (χ3v) is 4.93. The second-order valence-corrected chi connectivity index (χ2v) is 8.00. The summed E-state index contributed by atoms with van der Waals surface area (Å²) in [6.07, 6.45) is 4.78. The van der Waals surface area contributed by atoms with Gasteiger partial charge in [0.05, 0.1) is 5.39 Å². The van der Waals surface area contributed by atoms with Gasteiger partial charge >= 0.3 is 6.09 Å². The van der Waals surface area contributed by atoms with Crippen LogP contribution in [0.3, 0.4) is 0 Å². The molecule has 3 rings (SSSR count). The quantitative estimate of drug-likeness (QED) is 0.836. The number of thiophene rings is 1. The topological polar surface area (TPSA) is 51.2 Å². The van der Waals surface area contributed by atoms with Crippen LogP contribution < -0.4 is 10.0 Å². The van der Waals surface area contributed by atoms with Gasteiger partial charge in [0.15, 0.2) is 0 Å². The highest BCUT2D eigenvalue weighted by atomic mass is 32.1. The Morgan fingerprint density at radius 2 is 2.00 bits per heavy atom.